The highest BCUT2D eigenvalue weighted by Crippen LogP contribution is 2.13. The molecule has 0 fully saturated rings. The molecule has 0 aliphatic carbocycles. The van der Waals surface area contributed by atoms with Crippen LogP contribution in [0.3, 0.4) is 0 Å². The number of amides is 3. The number of rotatable bonds is 14. The van der Waals surface area contributed by atoms with Crippen molar-refractivity contribution >= 4 is 33.7 Å². The zero-order chi connectivity index (χ0) is 32.9. The molecular formula is C34H34N4O7S. The maximum atomic E-state index is 12.8. The largest absolute Gasteiger partial charge is 0.460 e. The number of aryl methyl sites for hydroxylation is 2. The first-order valence-electron chi connectivity index (χ1n) is 14.6. The van der Waals surface area contributed by atoms with Gasteiger partial charge in [-0.3, -0.25) is 19.4 Å². The van der Waals surface area contributed by atoms with Crippen molar-refractivity contribution in [3.63, 3.8) is 0 Å². The van der Waals surface area contributed by atoms with Gasteiger partial charge >= 0.3 is 5.97 Å². The summed E-state index contributed by atoms with van der Waals surface area (Å²) < 4.78 is 32.8. The molecule has 0 atom stereocenters. The van der Waals surface area contributed by atoms with Crippen LogP contribution in [0.15, 0.2) is 102 Å². The number of esters is 1. The fourth-order valence-corrected chi connectivity index (χ4v) is 5.33. The van der Waals surface area contributed by atoms with Crippen LogP contribution in [0.2, 0.25) is 0 Å². The number of carbonyl (C=O) groups is 4. The molecule has 11 nitrogen and oxygen atoms in total. The molecule has 238 valence electrons. The van der Waals surface area contributed by atoms with E-state index >= 15 is 0 Å². The van der Waals surface area contributed by atoms with Crippen LogP contribution >= 0.6 is 0 Å². The molecule has 0 saturated heterocycles. The van der Waals surface area contributed by atoms with Crippen molar-refractivity contribution in [1.82, 2.24) is 20.3 Å². The van der Waals surface area contributed by atoms with Crippen LogP contribution in [0.25, 0.3) is 0 Å². The monoisotopic (exact) mass is 642 g/mol. The topological polar surface area (TPSA) is 161 Å². The molecule has 0 spiro atoms. The third-order valence-corrected chi connectivity index (χ3v) is 8.27. The molecule has 1 aromatic heterocycles. The number of pyridine rings is 1. The summed E-state index contributed by atoms with van der Waals surface area (Å²) in [5.41, 5.74) is 3.05. The second-order valence-corrected chi connectivity index (χ2v) is 12.0. The van der Waals surface area contributed by atoms with Crippen LogP contribution in [0.4, 0.5) is 0 Å². The van der Waals surface area contributed by atoms with E-state index in [-0.39, 0.29) is 35.2 Å². The predicted molar refractivity (Wildman–Crippen MR) is 171 cm³/mol. The van der Waals surface area contributed by atoms with Gasteiger partial charge in [0.1, 0.15) is 12.3 Å². The first-order valence-corrected chi connectivity index (χ1v) is 16.0. The van der Waals surface area contributed by atoms with E-state index in [1.54, 1.807) is 37.3 Å². The molecule has 0 aliphatic rings. The Labute approximate surface area is 267 Å². The third-order valence-electron chi connectivity index (χ3n) is 6.92. The summed E-state index contributed by atoms with van der Waals surface area (Å²) in [4.78, 5) is 53.1. The summed E-state index contributed by atoms with van der Waals surface area (Å²) in [5.74, 6) is -2.03. The van der Waals surface area contributed by atoms with Crippen molar-refractivity contribution in [2.45, 2.75) is 31.1 Å². The van der Waals surface area contributed by atoms with E-state index in [9.17, 15) is 27.6 Å². The van der Waals surface area contributed by atoms with E-state index < -0.39 is 27.8 Å². The van der Waals surface area contributed by atoms with Gasteiger partial charge in [-0.05, 0) is 66.8 Å². The lowest BCUT2D eigenvalue weighted by atomic mass is 10.1. The second-order valence-electron chi connectivity index (χ2n) is 10.3. The first-order chi connectivity index (χ1) is 22.1. The van der Waals surface area contributed by atoms with Gasteiger partial charge in [0.15, 0.2) is 0 Å². The number of aromatic nitrogens is 1. The number of hydrogen-bond donors (Lipinski definition) is 3. The molecule has 3 amide bonds. The number of nitrogens with one attached hydrogen (secondary N) is 3. The Bertz CT molecular complexity index is 1780. The molecular weight excluding hydrogens is 608 g/mol. The van der Waals surface area contributed by atoms with Crippen LogP contribution in [-0.4, -0.2) is 56.8 Å². The lowest BCUT2D eigenvalue weighted by Crippen LogP contribution is -2.31. The Morgan fingerprint density at radius 2 is 1.43 bits per heavy atom. The molecule has 0 radical (unpaired) electrons. The zero-order valence-corrected chi connectivity index (χ0v) is 26.0. The van der Waals surface area contributed by atoms with E-state index in [1.165, 1.54) is 24.3 Å². The van der Waals surface area contributed by atoms with Crippen LogP contribution in [0.5, 0.6) is 0 Å². The Morgan fingerprint density at radius 1 is 0.739 bits per heavy atom. The van der Waals surface area contributed by atoms with E-state index in [2.05, 4.69) is 15.6 Å². The molecule has 1 heterocycles. The van der Waals surface area contributed by atoms with E-state index in [0.717, 1.165) is 22.9 Å². The minimum Gasteiger partial charge on any atom is -0.460 e. The minimum atomic E-state index is -4.18. The molecule has 12 heteroatoms. The second kappa shape index (κ2) is 16.1. The van der Waals surface area contributed by atoms with Crippen molar-refractivity contribution in [3.8, 4) is 0 Å². The van der Waals surface area contributed by atoms with E-state index in [0.29, 0.717) is 31.4 Å². The predicted octanol–water partition coefficient (Wildman–Crippen LogP) is 3.39. The number of nitrogens with zero attached hydrogens (tertiary/aromatic N) is 1. The summed E-state index contributed by atoms with van der Waals surface area (Å²) in [5, 5.41) is 5.43. The van der Waals surface area contributed by atoms with Crippen LogP contribution in [-0.2, 0) is 32.4 Å². The third kappa shape index (κ3) is 9.83. The maximum Gasteiger partial charge on any atom is 0.338 e. The smallest absolute Gasteiger partial charge is 0.338 e. The van der Waals surface area contributed by atoms with Crippen LogP contribution in [0.1, 0.15) is 54.3 Å². The lowest BCUT2D eigenvalue weighted by Gasteiger charge is -2.09. The molecule has 46 heavy (non-hydrogen) atoms. The van der Waals surface area contributed by atoms with Crippen LogP contribution in [0, 0.1) is 6.92 Å². The van der Waals surface area contributed by atoms with Gasteiger partial charge in [0.2, 0.25) is 5.91 Å². The summed E-state index contributed by atoms with van der Waals surface area (Å²) in [7, 11) is -4.18. The first kappa shape index (κ1) is 33.5. The number of benzene rings is 3. The number of ether oxygens (including phenoxy) is 1. The van der Waals surface area contributed by atoms with Gasteiger partial charge < -0.3 is 15.4 Å². The summed E-state index contributed by atoms with van der Waals surface area (Å²) in [6, 6.07) is 25.3. The minimum absolute atomic E-state index is 0.00684. The number of hydrogen-bond acceptors (Lipinski definition) is 8. The Balaban J connectivity index is 1.19. The quantitative estimate of drug-likeness (QED) is 0.139. The van der Waals surface area contributed by atoms with Crippen molar-refractivity contribution in [2.75, 3.05) is 19.7 Å². The zero-order valence-electron chi connectivity index (χ0n) is 25.2. The highest BCUT2D eigenvalue weighted by molar-refractivity contribution is 7.90. The Hall–Kier alpha value is -5.36. The average Bonchev–Trinajstić information content (AvgIpc) is 3.06. The SMILES string of the molecule is Cc1ccccc1C(=O)OCCNC(=O)c1ccc(C(=O)NS(=O)(=O)c2ccc(CCNC(=O)CCc3ccccc3)cc2)cn1. The molecule has 0 unspecified atom stereocenters. The standard InChI is InChI=1S/C34H34N4O7S/c1-24-7-5-6-10-29(24)34(42)45-22-21-36-33(41)30-17-14-27(23-37-30)32(40)38-46(43,44)28-15-11-26(12-16-28)19-20-35-31(39)18-13-25-8-3-2-4-9-25/h2-12,14-17,23H,13,18-22H2,1H3,(H,35,39)(H,36,41)(H,38,40). The van der Waals surface area contributed by atoms with Crippen molar-refractivity contribution < 1.29 is 32.3 Å². The summed E-state index contributed by atoms with van der Waals surface area (Å²) in [6.07, 6.45) is 2.62. The van der Waals surface area contributed by atoms with E-state index in [1.807, 2.05) is 41.1 Å². The fraction of sp³-hybridized carbons (Fsp3) is 0.206. The summed E-state index contributed by atoms with van der Waals surface area (Å²) in [6.45, 7) is 2.19. The highest BCUT2D eigenvalue weighted by atomic mass is 32.2. The van der Waals surface area contributed by atoms with Gasteiger partial charge in [0, 0.05) is 19.2 Å². The number of sulfonamides is 1. The molecule has 0 bridgehead atoms. The van der Waals surface area contributed by atoms with Gasteiger partial charge in [0.25, 0.3) is 21.8 Å². The van der Waals surface area contributed by atoms with Gasteiger partial charge in [-0.25, -0.2) is 17.9 Å². The number of carbonyl (C=O) groups excluding carboxylic acids is 4. The molecule has 0 aliphatic heterocycles. The summed E-state index contributed by atoms with van der Waals surface area (Å²) >= 11 is 0. The van der Waals surface area contributed by atoms with Crippen molar-refractivity contribution in [2.24, 2.45) is 0 Å². The van der Waals surface area contributed by atoms with Crippen LogP contribution < -0.4 is 15.4 Å². The highest BCUT2D eigenvalue weighted by Gasteiger charge is 2.20. The Morgan fingerprint density at radius 3 is 2.13 bits per heavy atom. The van der Waals surface area contributed by atoms with E-state index in [4.69, 9.17) is 4.74 Å². The molecule has 3 aromatic carbocycles. The fourth-order valence-electron chi connectivity index (χ4n) is 4.35. The van der Waals surface area contributed by atoms with Gasteiger partial charge in [-0.2, -0.15) is 0 Å². The molecule has 4 rings (SSSR count). The molecule has 4 aromatic rings. The lowest BCUT2D eigenvalue weighted by molar-refractivity contribution is -0.121. The Kier molecular flexibility index (Phi) is 11.7. The average molecular weight is 643 g/mol. The van der Waals surface area contributed by atoms with Crippen molar-refractivity contribution in [3.05, 3.63) is 131 Å². The maximum absolute atomic E-state index is 12.8. The van der Waals surface area contributed by atoms with Gasteiger partial charge in [-0.1, -0.05) is 60.7 Å². The van der Waals surface area contributed by atoms with Crippen molar-refractivity contribution in [1.29, 1.82) is 0 Å². The molecule has 3 N–H and O–H groups in total. The molecule has 0 saturated carbocycles. The normalized spacial score (nSPS) is 10.9. The van der Waals surface area contributed by atoms with Gasteiger partial charge in [0.05, 0.1) is 22.6 Å². The van der Waals surface area contributed by atoms with Gasteiger partial charge in [-0.15, -0.1) is 0 Å².